The summed E-state index contributed by atoms with van der Waals surface area (Å²) in [6, 6.07) is 12.0. The van der Waals surface area contributed by atoms with Gasteiger partial charge in [-0.15, -0.1) is 0 Å². The number of hydrogen-bond acceptors (Lipinski definition) is 6. The van der Waals surface area contributed by atoms with Gasteiger partial charge in [0.05, 0.1) is 18.1 Å². The van der Waals surface area contributed by atoms with Gasteiger partial charge in [0.25, 0.3) is 5.91 Å². The molecule has 0 unspecified atom stereocenters. The van der Waals surface area contributed by atoms with E-state index < -0.39 is 18.0 Å². The van der Waals surface area contributed by atoms with Crippen LogP contribution in [0.1, 0.15) is 69.2 Å². The smallest absolute Gasteiger partial charge is 0.315 e. The number of amides is 5. The van der Waals surface area contributed by atoms with Crippen molar-refractivity contribution in [2.24, 2.45) is 5.92 Å². The molecule has 0 aliphatic carbocycles. The van der Waals surface area contributed by atoms with E-state index in [1.54, 1.807) is 12.1 Å². The van der Waals surface area contributed by atoms with E-state index in [0.29, 0.717) is 43.0 Å². The van der Waals surface area contributed by atoms with Crippen molar-refractivity contribution in [3.8, 4) is 0 Å². The van der Waals surface area contributed by atoms with E-state index >= 15 is 0 Å². The second-order valence-corrected chi connectivity index (χ2v) is 13.0. The Labute approximate surface area is 257 Å². The number of unbranched alkanes of at least 4 members (excludes halogenated alkanes) is 2. The number of benzene rings is 2. The Kier molecular flexibility index (Phi) is 11.8. The highest BCUT2D eigenvalue weighted by molar-refractivity contribution is 8.00. The van der Waals surface area contributed by atoms with E-state index in [9.17, 15) is 24.0 Å². The summed E-state index contributed by atoms with van der Waals surface area (Å²) < 4.78 is 0. The van der Waals surface area contributed by atoms with Crippen molar-refractivity contribution in [2.75, 3.05) is 12.3 Å². The number of rotatable bonds is 16. The molecule has 10 nitrogen and oxygen atoms in total. The Hall–Kier alpha value is -3.60. The molecule has 2 aromatic rings. The molecule has 5 atom stereocenters. The molecule has 2 aromatic carbocycles. The maximum absolute atomic E-state index is 13.0. The minimum Gasteiger partial charge on any atom is -0.356 e. The van der Waals surface area contributed by atoms with Gasteiger partial charge in [-0.25, -0.2) is 4.79 Å². The second-order valence-electron chi connectivity index (χ2n) is 11.7. The molecule has 5 amide bonds. The van der Waals surface area contributed by atoms with Gasteiger partial charge in [-0.1, -0.05) is 50.6 Å². The molecule has 0 saturated carbocycles. The van der Waals surface area contributed by atoms with Gasteiger partial charge >= 0.3 is 6.03 Å². The summed E-state index contributed by atoms with van der Waals surface area (Å²) >= 11 is 1.88. The first kappa shape index (κ1) is 32.3. The van der Waals surface area contributed by atoms with Crippen molar-refractivity contribution in [3.63, 3.8) is 0 Å². The predicted molar refractivity (Wildman–Crippen MR) is 169 cm³/mol. The zero-order valence-electron chi connectivity index (χ0n) is 24.9. The molecular formula is C32H43N5O5S. The van der Waals surface area contributed by atoms with Gasteiger partial charge in [0, 0.05) is 29.5 Å². The number of urea groups is 1. The maximum Gasteiger partial charge on any atom is 0.315 e. The van der Waals surface area contributed by atoms with Crippen LogP contribution in [0.4, 0.5) is 4.79 Å². The highest BCUT2D eigenvalue weighted by Gasteiger charge is 2.42. The zero-order chi connectivity index (χ0) is 30.8. The molecule has 0 aromatic heterocycles. The van der Waals surface area contributed by atoms with Crippen molar-refractivity contribution in [1.29, 1.82) is 0 Å². The minimum atomic E-state index is -0.789. The van der Waals surface area contributed by atoms with Gasteiger partial charge in [-0.05, 0) is 60.9 Å². The fourth-order valence-corrected chi connectivity index (χ4v) is 7.16. The third-order valence-corrected chi connectivity index (χ3v) is 9.59. The summed E-state index contributed by atoms with van der Waals surface area (Å²) in [6.07, 6.45) is 5.68. The van der Waals surface area contributed by atoms with Gasteiger partial charge in [0.15, 0.2) is 0 Å². The molecule has 232 valence electrons. The molecule has 2 heterocycles. The van der Waals surface area contributed by atoms with Gasteiger partial charge in [-0.2, -0.15) is 11.8 Å². The van der Waals surface area contributed by atoms with Crippen molar-refractivity contribution in [1.82, 2.24) is 26.6 Å². The van der Waals surface area contributed by atoms with Crippen LogP contribution in [0, 0.1) is 5.92 Å². The quantitative estimate of drug-likeness (QED) is 0.112. The van der Waals surface area contributed by atoms with Crippen LogP contribution in [-0.4, -0.2) is 71.8 Å². The van der Waals surface area contributed by atoms with E-state index in [0.717, 1.165) is 42.1 Å². The van der Waals surface area contributed by atoms with Crippen LogP contribution in [0.25, 0.3) is 10.8 Å². The van der Waals surface area contributed by atoms with Crippen LogP contribution in [-0.2, 0) is 14.4 Å². The molecule has 2 aliphatic rings. The highest BCUT2D eigenvalue weighted by atomic mass is 32.2. The van der Waals surface area contributed by atoms with E-state index in [1.165, 1.54) is 0 Å². The Morgan fingerprint density at radius 3 is 2.56 bits per heavy atom. The van der Waals surface area contributed by atoms with Crippen LogP contribution >= 0.6 is 11.8 Å². The normalized spacial score (nSPS) is 20.5. The van der Waals surface area contributed by atoms with Crippen molar-refractivity contribution >= 4 is 52.6 Å². The Morgan fingerprint density at radius 1 is 1.00 bits per heavy atom. The summed E-state index contributed by atoms with van der Waals surface area (Å²) in [5, 5.41) is 16.8. The van der Waals surface area contributed by atoms with Crippen LogP contribution in [0.15, 0.2) is 42.5 Å². The standard InChI is InChI=1S/C32H43N5O5S/c1-20(2)28(36-30(40)23-15-14-21-9-3-4-10-22(21)17-23)31(41)34-24(18-38)11-7-8-16-33-27(39)13-6-5-12-26-29-25(19-43-26)35-32(42)37-29/h3-4,9-10,14-15,17-18,20,24-26,28-29H,5-8,11-13,16,19H2,1-2H3,(H,33,39)(H,34,41)(H,36,40)(H2,35,37,42)/t24-,25-,26-,28-,29-/m0/s1. The average molecular weight is 610 g/mol. The molecule has 0 spiro atoms. The van der Waals surface area contributed by atoms with Crippen molar-refractivity contribution < 1.29 is 24.0 Å². The first-order valence-electron chi connectivity index (χ1n) is 15.3. The number of hydrogen-bond donors (Lipinski definition) is 5. The first-order valence-corrected chi connectivity index (χ1v) is 16.3. The maximum atomic E-state index is 13.0. The van der Waals surface area contributed by atoms with Gasteiger partial charge in [0.1, 0.15) is 12.3 Å². The molecule has 0 radical (unpaired) electrons. The Morgan fingerprint density at radius 2 is 1.79 bits per heavy atom. The van der Waals surface area contributed by atoms with Crippen molar-refractivity contribution in [2.45, 2.75) is 88.2 Å². The minimum absolute atomic E-state index is 0.00922. The number of thioether (sulfide) groups is 1. The Balaban J connectivity index is 1.11. The second kappa shape index (κ2) is 15.7. The summed E-state index contributed by atoms with van der Waals surface area (Å²) in [5.41, 5.74) is 0.466. The zero-order valence-corrected chi connectivity index (χ0v) is 25.7. The van der Waals surface area contributed by atoms with E-state index in [-0.39, 0.29) is 35.8 Å². The van der Waals surface area contributed by atoms with Crippen LogP contribution in [0.2, 0.25) is 0 Å². The van der Waals surface area contributed by atoms with E-state index in [4.69, 9.17) is 0 Å². The van der Waals surface area contributed by atoms with Crippen molar-refractivity contribution in [3.05, 3.63) is 48.0 Å². The lowest BCUT2D eigenvalue weighted by atomic mass is 10.0. The highest BCUT2D eigenvalue weighted by Crippen LogP contribution is 2.33. The molecule has 43 heavy (non-hydrogen) atoms. The fraction of sp³-hybridized carbons (Fsp3) is 0.531. The topological polar surface area (TPSA) is 146 Å². The number of aldehydes is 1. The monoisotopic (exact) mass is 609 g/mol. The average Bonchev–Trinajstić information content (AvgIpc) is 3.55. The summed E-state index contributed by atoms with van der Waals surface area (Å²) in [4.78, 5) is 61.4. The lowest BCUT2D eigenvalue weighted by Crippen LogP contribution is -2.52. The van der Waals surface area contributed by atoms with E-state index in [1.807, 2.05) is 55.9 Å². The largest absolute Gasteiger partial charge is 0.356 e. The van der Waals surface area contributed by atoms with Crippen LogP contribution in [0.3, 0.4) is 0 Å². The number of carbonyl (C=O) groups excluding carboxylic acids is 5. The molecule has 2 aliphatic heterocycles. The molecular weight excluding hydrogens is 566 g/mol. The van der Waals surface area contributed by atoms with Crippen LogP contribution < -0.4 is 26.6 Å². The van der Waals surface area contributed by atoms with Gasteiger partial charge in [-0.3, -0.25) is 14.4 Å². The molecule has 4 rings (SSSR count). The fourth-order valence-electron chi connectivity index (χ4n) is 5.62. The van der Waals surface area contributed by atoms with Gasteiger partial charge in [0.2, 0.25) is 11.8 Å². The third kappa shape index (κ3) is 9.19. The van der Waals surface area contributed by atoms with Crippen LogP contribution in [0.5, 0.6) is 0 Å². The molecule has 2 fully saturated rings. The molecule has 11 heteroatoms. The molecule has 0 bridgehead atoms. The lowest BCUT2D eigenvalue weighted by molar-refractivity contribution is -0.126. The lowest BCUT2D eigenvalue weighted by Gasteiger charge is -2.24. The number of carbonyl (C=O) groups is 5. The summed E-state index contributed by atoms with van der Waals surface area (Å²) in [7, 11) is 0. The van der Waals surface area contributed by atoms with E-state index in [2.05, 4.69) is 26.6 Å². The summed E-state index contributed by atoms with van der Waals surface area (Å²) in [6.45, 7) is 4.20. The number of fused-ring (bicyclic) bond motifs is 2. The van der Waals surface area contributed by atoms with Gasteiger partial charge < -0.3 is 31.4 Å². The summed E-state index contributed by atoms with van der Waals surface area (Å²) in [5.74, 6) is 0.0251. The predicted octanol–water partition coefficient (Wildman–Crippen LogP) is 3.29. The number of nitrogens with one attached hydrogen (secondary N) is 5. The third-order valence-electron chi connectivity index (χ3n) is 8.08. The molecule has 5 N–H and O–H groups in total. The SMILES string of the molecule is CC(C)[C@H](NC(=O)c1ccc2ccccc2c1)C(=O)N[C@H](C=O)CCCCNC(=O)CCCC[C@@H]1SC[C@@H]2NC(=O)N[C@@H]21. The first-order chi connectivity index (χ1) is 20.7. The molecule has 2 saturated heterocycles. The Bertz CT molecular complexity index is 1300.